The third-order valence-electron chi connectivity index (χ3n) is 0.413. The van der Waals surface area contributed by atoms with E-state index in [4.69, 9.17) is 5.73 Å². The maximum absolute atomic E-state index is 5.10. The highest BCUT2D eigenvalue weighted by Gasteiger charge is 1.68. The van der Waals surface area contributed by atoms with Gasteiger partial charge in [-0.15, -0.1) is 12.6 Å². The first-order valence-corrected chi connectivity index (χ1v) is 2.28. The Hall–Kier alpha value is 0.0500. The standard InChI is InChI=1S/C4H9NS/c1-4(6)2-3-5/h2,6H,3,5H2,1H3/b4-2-. The van der Waals surface area contributed by atoms with Crippen molar-refractivity contribution in [2.75, 3.05) is 6.54 Å². The van der Waals surface area contributed by atoms with Crippen LogP contribution >= 0.6 is 12.6 Å². The van der Waals surface area contributed by atoms with Crippen LogP contribution in [0.1, 0.15) is 6.92 Å². The minimum atomic E-state index is 0.593. The lowest BCUT2D eigenvalue weighted by atomic mass is 10.5. The first-order chi connectivity index (χ1) is 2.77. The Kier molecular flexibility index (Phi) is 3.28. The third-order valence-corrected chi connectivity index (χ3v) is 0.596. The highest BCUT2D eigenvalue weighted by molar-refractivity contribution is 7.84. The van der Waals surface area contributed by atoms with E-state index in [0.717, 1.165) is 4.91 Å². The van der Waals surface area contributed by atoms with Crippen LogP contribution in [-0.4, -0.2) is 6.54 Å². The molecule has 0 radical (unpaired) electrons. The summed E-state index contributed by atoms with van der Waals surface area (Å²) in [6.45, 7) is 2.49. The van der Waals surface area contributed by atoms with Crippen molar-refractivity contribution >= 4 is 12.6 Å². The van der Waals surface area contributed by atoms with E-state index in [2.05, 4.69) is 12.6 Å². The SMILES string of the molecule is C/C(S)=C/CN. The fourth-order valence-electron chi connectivity index (χ4n) is 0.171. The minimum Gasteiger partial charge on any atom is -0.327 e. The molecule has 0 aromatic carbocycles. The predicted octanol–water partition coefficient (Wildman–Crippen LogP) is 0.779. The number of hydrogen-bond acceptors (Lipinski definition) is 2. The summed E-state index contributed by atoms with van der Waals surface area (Å²) in [5.74, 6) is 0. The average molecular weight is 103 g/mol. The second kappa shape index (κ2) is 3.25. The molecule has 0 bridgehead atoms. The van der Waals surface area contributed by atoms with Crippen molar-refractivity contribution in [3.05, 3.63) is 11.0 Å². The molecule has 6 heavy (non-hydrogen) atoms. The fourth-order valence-corrected chi connectivity index (χ4v) is 0.276. The lowest BCUT2D eigenvalue weighted by Gasteiger charge is -1.79. The van der Waals surface area contributed by atoms with E-state index in [9.17, 15) is 0 Å². The van der Waals surface area contributed by atoms with Crippen LogP contribution in [-0.2, 0) is 0 Å². The van der Waals surface area contributed by atoms with Crippen molar-refractivity contribution in [1.29, 1.82) is 0 Å². The lowest BCUT2D eigenvalue weighted by Crippen LogP contribution is -1.92. The van der Waals surface area contributed by atoms with Gasteiger partial charge in [-0.25, -0.2) is 0 Å². The zero-order valence-electron chi connectivity index (χ0n) is 3.81. The number of hydrogen-bond donors (Lipinski definition) is 2. The predicted molar refractivity (Wildman–Crippen MR) is 31.8 cm³/mol. The van der Waals surface area contributed by atoms with Gasteiger partial charge >= 0.3 is 0 Å². The summed E-state index contributed by atoms with van der Waals surface area (Å²) in [5, 5.41) is 0. The molecule has 0 spiro atoms. The molecule has 0 aliphatic heterocycles. The largest absolute Gasteiger partial charge is 0.327 e. The van der Waals surface area contributed by atoms with Crippen molar-refractivity contribution < 1.29 is 0 Å². The fraction of sp³-hybridized carbons (Fsp3) is 0.500. The lowest BCUT2D eigenvalue weighted by molar-refractivity contribution is 1.24. The van der Waals surface area contributed by atoms with E-state index in [1.807, 2.05) is 13.0 Å². The smallest absolute Gasteiger partial charge is 0.0117 e. The van der Waals surface area contributed by atoms with Gasteiger partial charge in [0.25, 0.3) is 0 Å². The summed E-state index contributed by atoms with van der Waals surface area (Å²) in [4.78, 5) is 0.984. The Morgan fingerprint density at radius 1 is 2.00 bits per heavy atom. The van der Waals surface area contributed by atoms with E-state index in [1.54, 1.807) is 0 Å². The molecule has 0 atom stereocenters. The van der Waals surface area contributed by atoms with E-state index in [1.165, 1.54) is 0 Å². The Morgan fingerprint density at radius 2 is 2.50 bits per heavy atom. The van der Waals surface area contributed by atoms with Gasteiger partial charge in [-0.1, -0.05) is 6.08 Å². The van der Waals surface area contributed by atoms with Gasteiger partial charge in [0.15, 0.2) is 0 Å². The molecule has 0 aliphatic carbocycles. The van der Waals surface area contributed by atoms with Gasteiger partial charge in [0, 0.05) is 6.54 Å². The summed E-state index contributed by atoms with van der Waals surface area (Å²) in [7, 11) is 0. The Balaban J connectivity index is 3.14. The Labute approximate surface area is 43.6 Å². The maximum Gasteiger partial charge on any atom is 0.0117 e. The van der Waals surface area contributed by atoms with E-state index >= 15 is 0 Å². The van der Waals surface area contributed by atoms with Crippen molar-refractivity contribution in [3.63, 3.8) is 0 Å². The van der Waals surface area contributed by atoms with Crippen LogP contribution < -0.4 is 5.73 Å². The van der Waals surface area contributed by atoms with Crippen LogP contribution in [0.3, 0.4) is 0 Å². The molecule has 0 aromatic rings. The summed E-state index contributed by atoms with van der Waals surface area (Å²) >= 11 is 3.96. The van der Waals surface area contributed by atoms with Crippen LogP contribution in [0.2, 0.25) is 0 Å². The first-order valence-electron chi connectivity index (χ1n) is 1.83. The quantitative estimate of drug-likeness (QED) is 0.471. The van der Waals surface area contributed by atoms with Crippen molar-refractivity contribution in [1.82, 2.24) is 0 Å². The highest BCUT2D eigenvalue weighted by Crippen LogP contribution is 1.92. The Bertz CT molecular complexity index is 54.6. The second-order valence-electron chi connectivity index (χ2n) is 1.08. The molecule has 0 fully saturated rings. The summed E-state index contributed by atoms with van der Waals surface area (Å²) < 4.78 is 0. The monoisotopic (exact) mass is 103 g/mol. The molecule has 1 nitrogen and oxygen atoms in total. The molecule has 0 unspecified atom stereocenters. The van der Waals surface area contributed by atoms with Crippen LogP contribution in [0.4, 0.5) is 0 Å². The van der Waals surface area contributed by atoms with Gasteiger partial charge in [0.1, 0.15) is 0 Å². The zero-order chi connectivity index (χ0) is 4.99. The highest BCUT2D eigenvalue weighted by atomic mass is 32.1. The van der Waals surface area contributed by atoms with E-state index < -0.39 is 0 Å². The summed E-state index contributed by atoms with van der Waals surface area (Å²) in [6.07, 6.45) is 1.85. The van der Waals surface area contributed by atoms with Crippen molar-refractivity contribution in [2.45, 2.75) is 6.92 Å². The molecule has 0 rings (SSSR count). The number of rotatable bonds is 1. The molecular weight excluding hydrogens is 94.1 g/mol. The second-order valence-corrected chi connectivity index (χ2v) is 1.79. The molecule has 0 aromatic heterocycles. The first kappa shape index (κ1) is 6.05. The molecule has 0 heterocycles. The Morgan fingerprint density at radius 3 is 2.50 bits per heavy atom. The normalized spacial score (nSPS) is 12.2. The van der Waals surface area contributed by atoms with Crippen LogP contribution in [0.25, 0.3) is 0 Å². The van der Waals surface area contributed by atoms with Gasteiger partial charge in [-0.05, 0) is 11.8 Å². The number of nitrogens with two attached hydrogens (primary N) is 1. The van der Waals surface area contributed by atoms with Crippen molar-refractivity contribution in [3.8, 4) is 0 Å². The maximum atomic E-state index is 5.10. The molecule has 2 heteroatoms. The molecule has 0 aliphatic rings. The van der Waals surface area contributed by atoms with E-state index in [0.29, 0.717) is 6.54 Å². The third kappa shape index (κ3) is 4.05. The molecule has 0 saturated carbocycles. The summed E-state index contributed by atoms with van der Waals surface area (Å²) in [5.41, 5.74) is 5.10. The minimum absolute atomic E-state index is 0.593. The van der Waals surface area contributed by atoms with E-state index in [-0.39, 0.29) is 0 Å². The molecule has 36 valence electrons. The topological polar surface area (TPSA) is 26.0 Å². The average Bonchev–Trinajstić information content (AvgIpc) is 1.35. The zero-order valence-corrected chi connectivity index (χ0v) is 4.70. The van der Waals surface area contributed by atoms with Gasteiger partial charge in [-0.3, -0.25) is 0 Å². The van der Waals surface area contributed by atoms with Gasteiger partial charge in [0.05, 0.1) is 0 Å². The number of allylic oxidation sites excluding steroid dienone is 1. The van der Waals surface area contributed by atoms with Gasteiger partial charge in [-0.2, -0.15) is 0 Å². The van der Waals surface area contributed by atoms with Crippen LogP contribution in [0, 0.1) is 0 Å². The molecule has 0 amide bonds. The van der Waals surface area contributed by atoms with Crippen LogP contribution in [0.15, 0.2) is 11.0 Å². The molecule has 0 saturated heterocycles. The van der Waals surface area contributed by atoms with Crippen molar-refractivity contribution in [2.24, 2.45) is 5.73 Å². The summed E-state index contributed by atoms with van der Waals surface area (Å²) in [6, 6.07) is 0. The van der Waals surface area contributed by atoms with Gasteiger partial charge in [0.2, 0.25) is 0 Å². The molecular formula is C4H9NS. The van der Waals surface area contributed by atoms with Crippen LogP contribution in [0.5, 0.6) is 0 Å². The molecule has 2 N–H and O–H groups in total. The number of thiol groups is 1. The van der Waals surface area contributed by atoms with Gasteiger partial charge < -0.3 is 5.73 Å².